The van der Waals surface area contributed by atoms with Gasteiger partial charge in [0.25, 0.3) is 0 Å². The summed E-state index contributed by atoms with van der Waals surface area (Å²) < 4.78 is 0. The number of aliphatic carboxylic acids is 1. The fourth-order valence-corrected chi connectivity index (χ4v) is 1.38. The molecule has 1 aromatic carbocycles. The first-order chi connectivity index (χ1) is 8.56. The van der Waals surface area contributed by atoms with E-state index in [9.17, 15) is 9.59 Å². The summed E-state index contributed by atoms with van der Waals surface area (Å²) in [6, 6.07) is 5.26. The van der Waals surface area contributed by atoms with Crippen molar-refractivity contribution in [2.75, 3.05) is 11.9 Å². The lowest BCUT2D eigenvalue weighted by Gasteiger charge is -2.13. The van der Waals surface area contributed by atoms with E-state index in [0.717, 1.165) is 12.0 Å². The molecule has 0 radical (unpaired) electrons. The summed E-state index contributed by atoms with van der Waals surface area (Å²) in [6.07, 6.45) is 0.839. The Morgan fingerprint density at radius 1 is 1.39 bits per heavy atom. The molecule has 0 bridgehead atoms. The zero-order valence-electron chi connectivity index (χ0n) is 10.0. The largest absolute Gasteiger partial charge is 0.480 e. The Morgan fingerprint density at radius 3 is 2.67 bits per heavy atom. The van der Waals surface area contributed by atoms with E-state index in [1.807, 2.05) is 13.0 Å². The van der Waals surface area contributed by atoms with Crippen molar-refractivity contribution in [1.82, 2.24) is 5.32 Å². The van der Waals surface area contributed by atoms with Crippen molar-refractivity contribution < 1.29 is 19.8 Å². The number of benzene rings is 1. The summed E-state index contributed by atoms with van der Waals surface area (Å²) in [7, 11) is 0. The Hall–Kier alpha value is -2.08. The van der Waals surface area contributed by atoms with Gasteiger partial charge in [-0.15, -0.1) is 0 Å². The highest BCUT2D eigenvalue weighted by Gasteiger charge is 2.18. The van der Waals surface area contributed by atoms with Gasteiger partial charge in [-0.1, -0.05) is 19.1 Å². The lowest BCUT2D eigenvalue weighted by molar-refractivity contribution is -0.140. The monoisotopic (exact) mass is 252 g/mol. The van der Waals surface area contributed by atoms with Crippen LogP contribution in [0.1, 0.15) is 12.5 Å². The number of amides is 2. The molecule has 0 aliphatic carbocycles. The summed E-state index contributed by atoms with van der Waals surface area (Å²) >= 11 is 0. The third-order valence-corrected chi connectivity index (χ3v) is 2.38. The quantitative estimate of drug-likeness (QED) is 0.623. The van der Waals surface area contributed by atoms with Gasteiger partial charge < -0.3 is 20.8 Å². The molecular weight excluding hydrogens is 236 g/mol. The molecule has 98 valence electrons. The predicted molar refractivity (Wildman–Crippen MR) is 66.5 cm³/mol. The maximum absolute atomic E-state index is 11.5. The SMILES string of the molecule is CCc1cccc(NC(=O)N[C@H](CO)C(=O)O)c1. The number of rotatable bonds is 5. The minimum atomic E-state index is -1.31. The van der Waals surface area contributed by atoms with Gasteiger partial charge in [-0.25, -0.2) is 9.59 Å². The van der Waals surface area contributed by atoms with Gasteiger partial charge in [0.1, 0.15) is 0 Å². The molecule has 0 spiro atoms. The van der Waals surface area contributed by atoms with E-state index < -0.39 is 24.6 Å². The third kappa shape index (κ3) is 4.06. The van der Waals surface area contributed by atoms with Gasteiger partial charge in [0, 0.05) is 5.69 Å². The minimum Gasteiger partial charge on any atom is -0.480 e. The van der Waals surface area contributed by atoms with Crippen molar-refractivity contribution in [1.29, 1.82) is 0 Å². The zero-order chi connectivity index (χ0) is 13.5. The number of anilines is 1. The van der Waals surface area contributed by atoms with Crippen molar-refractivity contribution >= 4 is 17.7 Å². The van der Waals surface area contributed by atoms with Crippen LogP contribution >= 0.6 is 0 Å². The Kier molecular flexibility index (Phi) is 5.13. The summed E-state index contributed by atoms with van der Waals surface area (Å²) in [5, 5.41) is 22.1. The zero-order valence-corrected chi connectivity index (χ0v) is 10.0. The molecule has 0 fully saturated rings. The lowest BCUT2D eigenvalue weighted by Crippen LogP contribution is -2.45. The number of aryl methyl sites for hydroxylation is 1. The predicted octanol–water partition coefficient (Wildman–Crippen LogP) is 0.816. The van der Waals surface area contributed by atoms with Gasteiger partial charge in [-0.3, -0.25) is 0 Å². The number of carbonyl (C=O) groups excluding carboxylic acids is 1. The summed E-state index contributed by atoms with van der Waals surface area (Å²) in [4.78, 5) is 22.1. The highest BCUT2D eigenvalue weighted by atomic mass is 16.4. The molecule has 0 saturated heterocycles. The van der Waals surface area contributed by atoms with E-state index in [-0.39, 0.29) is 0 Å². The minimum absolute atomic E-state index is 0.578. The number of urea groups is 1. The van der Waals surface area contributed by atoms with Crippen LogP contribution in [0.2, 0.25) is 0 Å². The number of carboxylic acids is 1. The van der Waals surface area contributed by atoms with Crippen LogP contribution in [0.25, 0.3) is 0 Å². The second-order valence-electron chi connectivity index (χ2n) is 3.73. The van der Waals surface area contributed by atoms with Crippen molar-refractivity contribution in [2.45, 2.75) is 19.4 Å². The van der Waals surface area contributed by atoms with Crippen molar-refractivity contribution in [2.24, 2.45) is 0 Å². The highest BCUT2D eigenvalue weighted by Crippen LogP contribution is 2.10. The first-order valence-corrected chi connectivity index (χ1v) is 5.57. The standard InChI is InChI=1S/C12H16N2O4/c1-2-8-4-3-5-9(6-8)13-12(18)14-10(7-15)11(16)17/h3-6,10,15H,2,7H2,1H3,(H,16,17)(H2,13,14,18)/t10-/m1/s1. The van der Waals surface area contributed by atoms with E-state index in [1.54, 1.807) is 18.2 Å². The molecule has 2 amide bonds. The smallest absolute Gasteiger partial charge is 0.328 e. The van der Waals surface area contributed by atoms with Crippen LogP contribution in [0.4, 0.5) is 10.5 Å². The maximum atomic E-state index is 11.5. The van der Waals surface area contributed by atoms with Gasteiger partial charge in [0.05, 0.1) is 6.61 Å². The van der Waals surface area contributed by atoms with Crippen LogP contribution in [0.5, 0.6) is 0 Å². The number of aliphatic hydroxyl groups is 1. The van der Waals surface area contributed by atoms with Gasteiger partial charge in [0.2, 0.25) is 0 Å². The van der Waals surface area contributed by atoms with E-state index >= 15 is 0 Å². The second kappa shape index (κ2) is 6.61. The Bertz CT molecular complexity index is 434. The molecular formula is C12H16N2O4. The molecule has 0 unspecified atom stereocenters. The number of carboxylic acid groups (broad SMARTS) is 1. The normalized spacial score (nSPS) is 11.7. The van der Waals surface area contributed by atoms with Crippen molar-refractivity contribution in [3.63, 3.8) is 0 Å². The van der Waals surface area contributed by atoms with E-state index in [2.05, 4.69) is 10.6 Å². The summed E-state index contributed by atoms with van der Waals surface area (Å²) in [6.45, 7) is 1.34. The first kappa shape index (κ1) is 14.0. The van der Waals surface area contributed by atoms with Crippen LogP contribution in [-0.2, 0) is 11.2 Å². The molecule has 0 aliphatic rings. The molecule has 0 aliphatic heterocycles. The Labute approximate surface area is 105 Å². The van der Waals surface area contributed by atoms with E-state index in [1.165, 1.54) is 0 Å². The molecule has 4 N–H and O–H groups in total. The average Bonchev–Trinajstić information content (AvgIpc) is 2.35. The van der Waals surface area contributed by atoms with Gasteiger partial charge in [-0.05, 0) is 24.1 Å². The number of hydrogen-bond donors (Lipinski definition) is 4. The molecule has 0 aromatic heterocycles. The molecule has 1 atom stereocenters. The molecule has 1 rings (SSSR count). The van der Waals surface area contributed by atoms with Crippen LogP contribution in [-0.4, -0.2) is 34.9 Å². The van der Waals surface area contributed by atoms with Crippen LogP contribution in [0.3, 0.4) is 0 Å². The second-order valence-corrected chi connectivity index (χ2v) is 3.73. The Balaban J connectivity index is 2.61. The van der Waals surface area contributed by atoms with Crippen LogP contribution in [0.15, 0.2) is 24.3 Å². The summed E-state index contributed by atoms with van der Waals surface area (Å²) in [5.74, 6) is -1.28. The average molecular weight is 252 g/mol. The van der Waals surface area contributed by atoms with Crippen molar-refractivity contribution in [3.8, 4) is 0 Å². The number of carbonyl (C=O) groups is 2. The first-order valence-electron chi connectivity index (χ1n) is 5.57. The molecule has 0 heterocycles. The number of nitrogens with one attached hydrogen (secondary N) is 2. The number of hydrogen-bond acceptors (Lipinski definition) is 3. The molecule has 18 heavy (non-hydrogen) atoms. The van der Waals surface area contributed by atoms with Crippen LogP contribution in [0, 0.1) is 0 Å². The summed E-state index contributed by atoms with van der Waals surface area (Å²) in [5.41, 5.74) is 1.64. The van der Waals surface area contributed by atoms with Crippen molar-refractivity contribution in [3.05, 3.63) is 29.8 Å². The van der Waals surface area contributed by atoms with Crippen LogP contribution < -0.4 is 10.6 Å². The lowest BCUT2D eigenvalue weighted by atomic mass is 10.1. The van der Waals surface area contributed by atoms with E-state index in [0.29, 0.717) is 5.69 Å². The fraction of sp³-hybridized carbons (Fsp3) is 0.333. The van der Waals surface area contributed by atoms with Gasteiger partial charge in [0.15, 0.2) is 6.04 Å². The molecule has 0 saturated carbocycles. The topological polar surface area (TPSA) is 98.7 Å². The van der Waals surface area contributed by atoms with Gasteiger partial charge >= 0.3 is 12.0 Å². The maximum Gasteiger partial charge on any atom is 0.328 e. The van der Waals surface area contributed by atoms with E-state index in [4.69, 9.17) is 10.2 Å². The Morgan fingerprint density at radius 2 is 2.11 bits per heavy atom. The fourth-order valence-electron chi connectivity index (χ4n) is 1.38. The highest BCUT2D eigenvalue weighted by molar-refractivity contribution is 5.92. The molecule has 1 aromatic rings. The third-order valence-electron chi connectivity index (χ3n) is 2.38. The molecule has 6 heteroatoms. The molecule has 6 nitrogen and oxygen atoms in total. The number of aliphatic hydroxyl groups excluding tert-OH is 1. The van der Waals surface area contributed by atoms with Gasteiger partial charge in [-0.2, -0.15) is 0 Å².